The molecule has 7 heteroatoms. The minimum Gasteiger partial charge on any atom is -0.354 e. The molecule has 0 saturated carbocycles. The van der Waals surface area contributed by atoms with Crippen molar-refractivity contribution in [2.24, 2.45) is 5.92 Å². The first-order chi connectivity index (χ1) is 12.1. The highest BCUT2D eigenvalue weighted by Crippen LogP contribution is 2.30. The molecule has 3 heterocycles. The van der Waals surface area contributed by atoms with Crippen molar-refractivity contribution in [3.05, 3.63) is 23.8 Å². The van der Waals surface area contributed by atoms with Crippen LogP contribution in [0.4, 0.5) is 10.6 Å². The summed E-state index contributed by atoms with van der Waals surface area (Å²) in [4.78, 5) is 24.9. The van der Waals surface area contributed by atoms with Crippen LogP contribution in [0, 0.1) is 5.92 Å². The van der Waals surface area contributed by atoms with Gasteiger partial charge in [0, 0.05) is 19.0 Å². The minimum absolute atomic E-state index is 0.255. The van der Waals surface area contributed by atoms with Gasteiger partial charge in [-0.1, -0.05) is 11.2 Å². The standard InChI is InChI=1S/C18H22N4O3/c1-11-8-13(4-6-19-11)9-12-2-3-15-14(10-12)17(21-25-15)22-7-5-16(23)20-18(22)24/h2-3,10-11,13,19H,4-9H2,1H3,(H,20,23,24)/t11-,13-/m0/s1. The Morgan fingerprint density at radius 1 is 1.36 bits per heavy atom. The van der Waals surface area contributed by atoms with Gasteiger partial charge in [-0.2, -0.15) is 0 Å². The van der Waals surface area contributed by atoms with Crippen LogP contribution in [0.3, 0.4) is 0 Å². The van der Waals surface area contributed by atoms with Crippen molar-refractivity contribution in [2.75, 3.05) is 18.0 Å². The van der Waals surface area contributed by atoms with Crippen molar-refractivity contribution < 1.29 is 14.1 Å². The van der Waals surface area contributed by atoms with E-state index in [1.54, 1.807) is 0 Å². The van der Waals surface area contributed by atoms with Crippen LogP contribution in [0.25, 0.3) is 11.0 Å². The molecular formula is C18H22N4O3. The van der Waals surface area contributed by atoms with E-state index in [1.165, 1.54) is 23.3 Å². The molecule has 0 aliphatic carbocycles. The molecule has 132 valence electrons. The second-order valence-electron chi connectivity index (χ2n) is 7.04. The number of hydrogen-bond donors (Lipinski definition) is 2. The Morgan fingerprint density at radius 2 is 2.24 bits per heavy atom. The fraction of sp³-hybridized carbons (Fsp3) is 0.500. The molecule has 1 aromatic carbocycles. The third-order valence-electron chi connectivity index (χ3n) is 5.08. The number of hydrogen-bond acceptors (Lipinski definition) is 5. The van der Waals surface area contributed by atoms with Crippen molar-refractivity contribution in [2.45, 2.75) is 38.6 Å². The van der Waals surface area contributed by atoms with Gasteiger partial charge < -0.3 is 9.84 Å². The van der Waals surface area contributed by atoms with Crippen molar-refractivity contribution in [1.29, 1.82) is 0 Å². The number of imide groups is 1. The molecule has 0 radical (unpaired) electrons. The van der Waals surface area contributed by atoms with Gasteiger partial charge in [-0.05, 0) is 56.3 Å². The summed E-state index contributed by atoms with van der Waals surface area (Å²) in [6.45, 7) is 3.61. The van der Waals surface area contributed by atoms with E-state index in [-0.39, 0.29) is 12.3 Å². The van der Waals surface area contributed by atoms with Crippen molar-refractivity contribution >= 4 is 28.7 Å². The highest BCUT2D eigenvalue weighted by atomic mass is 16.5. The lowest BCUT2D eigenvalue weighted by Gasteiger charge is -2.28. The fourth-order valence-corrected chi connectivity index (χ4v) is 3.81. The average Bonchev–Trinajstić information content (AvgIpc) is 2.98. The maximum atomic E-state index is 12.1. The second kappa shape index (κ2) is 6.48. The van der Waals surface area contributed by atoms with E-state index < -0.39 is 6.03 Å². The number of piperidine rings is 1. The number of fused-ring (bicyclic) bond motifs is 1. The van der Waals surface area contributed by atoms with E-state index in [0.717, 1.165) is 18.4 Å². The highest BCUT2D eigenvalue weighted by molar-refractivity contribution is 6.08. The Hall–Kier alpha value is -2.41. The fourth-order valence-electron chi connectivity index (χ4n) is 3.81. The molecule has 7 nitrogen and oxygen atoms in total. The first-order valence-electron chi connectivity index (χ1n) is 8.83. The van der Waals surface area contributed by atoms with Crippen LogP contribution in [-0.4, -0.2) is 36.2 Å². The Bertz CT molecular complexity index is 816. The molecule has 2 aromatic rings. The molecule has 2 N–H and O–H groups in total. The van der Waals surface area contributed by atoms with Crippen molar-refractivity contribution in [3.63, 3.8) is 0 Å². The Kier molecular flexibility index (Phi) is 4.17. The molecule has 0 spiro atoms. The summed E-state index contributed by atoms with van der Waals surface area (Å²) in [6, 6.07) is 6.17. The molecule has 2 saturated heterocycles. The summed E-state index contributed by atoms with van der Waals surface area (Å²) in [6.07, 6.45) is 3.63. The lowest BCUT2D eigenvalue weighted by atomic mass is 9.87. The van der Waals surface area contributed by atoms with Gasteiger partial charge in [-0.3, -0.25) is 15.0 Å². The predicted molar refractivity (Wildman–Crippen MR) is 93.4 cm³/mol. The molecule has 4 rings (SSSR count). The number of nitrogens with one attached hydrogen (secondary N) is 2. The van der Waals surface area contributed by atoms with Crippen molar-refractivity contribution in [1.82, 2.24) is 15.8 Å². The zero-order valence-electron chi connectivity index (χ0n) is 14.2. The lowest BCUT2D eigenvalue weighted by Crippen LogP contribution is -2.49. The summed E-state index contributed by atoms with van der Waals surface area (Å²) in [5.74, 6) is 0.892. The lowest BCUT2D eigenvalue weighted by molar-refractivity contribution is -0.120. The maximum Gasteiger partial charge on any atom is 0.329 e. The normalized spacial score (nSPS) is 24.6. The summed E-state index contributed by atoms with van der Waals surface area (Å²) in [5.41, 5.74) is 1.88. The summed E-state index contributed by atoms with van der Waals surface area (Å²) in [5, 5.41) is 10.7. The Morgan fingerprint density at radius 3 is 3.04 bits per heavy atom. The third-order valence-corrected chi connectivity index (χ3v) is 5.08. The van der Waals surface area contributed by atoms with Crippen LogP contribution in [-0.2, 0) is 11.2 Å². The summed E-state index contributed by atoms with van der Waals surface area (Å²) < 4.78 is 5.37. The smallest absolute Gasteiger partial charge is 0.329 e. The van der Waals surface area contributed by atoms with Crippen LogP contribution < -0.4 is 15.5 Å². The van der Waals surface area contributed by atoms with Gasteiger partial charge in [-0.25, -0.2) is 4.79 Å². The van der Waals surface area contributed by atoms with Gasteiger partial charge in [0.2, 0.25) is 5.91 Å². The number of anilines is 1. The van der Waals surface area contributed by atoms with Crippen LogP contribution >= 0.6 is 0 Å². The molecule has 3 amide bonds. The molecule has 2 aliphatic heterocycles. The van der Waals surface area contributed by atoms with Crippen LogP contribution in [0.2, 0.25) is 0 Å². The van der Waals surface area contributed by atoms with E-state index in [0.29, 0.717) is 29.9 Å². The van der Waals surface area contributed by atoms with E-state index >= 15 is 0 Å². The predicted octanol–water partition coefficient (Wildman–Crippen LogP) is 2.20. The van der Waals surface area contributed by atoms with Crippen LogP contribution in [0.1, 0.15) is 31.7 Å². The first kappa shape index (κ1) is 16.1. The van der Waals surface area contributed by atoms with Gasteiger partial charge in [0.1, 0.15) is 0 Å². The number of nitrogens with zero attached hydrogens (tertiary/aromatic N) is 2. The van der Waals surface area contributed by atoms with Gasteiger partial charge in [0.15, 0.2) is 11.4 Å². The van der Waals surface area contributed by atoms with Crippen LogP contribution in [0.5, 0.6) is 0 Å². The quantitative estimate of drug-likeness (QED) is 0.893. The number of amides is 3. The molecule has 0 unspecified atom stereocenters. The maximum absolute atomic E-state index is 12.1. The van der Waals surface area contributed by atoms with Gasteiger partial charge in [0.05, 0.1) is 5.39 Å². The van der Waals surface area contributed by atoms with E-state index in [9.17, 15) is 9.59 Å². The van der Waals surface area contributed by atoms with E-state index in [1.807, 2.05) is 6.07 Å². The molecular weight excluding hydrogens is 320 g/mol. The molecule has 25 heavy (non-hydrogen) atoms. The Labute approximate surface area is 145 Å². The molecule has 2 fully saturated rings. The zero-order valence-corrected chi connectivity index (χ0v) is 14.2. The van der Waals surface area contributed by atoms with E-state index in [2.05, 4.69) is 34.8 Å². The topological polar surface area (TPSA) is 87.5 Å². The number of urea groups is 1. The number of benzene rings is 1. The monoisotopic (exact) mass is 342 g/mol. The number of carbonyl (C=O) groups excluding carboxylic acids is 2. The average molecular weight is 342 g/mol. The summed E-state index contributed by atoms with van der Waals surface area (Å²) in [7, 11) is 0. The van der Waals surface area contributed by atoms with Gasteiger partial charge in [0.25, 0.3) is 0 Å². The SMILES string of the molecule is C[C@H]1C[C@@H](Cc2ccc3onc(N4CCC(=O)NC4=O)c3c2)CCN1. The second-order valence-corrected chi connectivity index (χ2v) is 7.04. The van der Waals surface area contributed by atoms with Crippen LogP contribution in [0.15, 0.2) is 22.7 Å². The minimum atomic E-state index is -0.441. The Balaban J connectivity index is 1.59. The number of aromatic nitrogens is 1. The largest absolute Gasteiger partial charge is 0.354 e. The molecule has 0 bridgehead atoms. The third kappa shape index (κ3) is 3.24. The van der Waals surface area contributed by atoms with Gasteiger partial charge >= 0.3 is 6.03 Å². The van der Waals surface area contributed by atoms with E-state index in [4.69, 9.17) is 4.52 Å². The number of rotatable bonds is 3. The highest BCUT2D eigenvalue weighted by Gasteiger charge is 2.28. The van der Waals surface area contributed by atoms with Crippen molar-refractivity contribution in [3.8, 4) is 0 Å². The molecule has 2 aliphatic rings. The molecule has 2 atom stereocenters. The van der Waals surface area contributed by atoms with Gasteiger partial charge in [-0.15, -0.1) is 0 Å². The summed E-state index contributed by atoms with van der Waals surface area (Å²) >= 11 is 0. The number of carbonyl (C=O) groups is 2. The first-order valence-corrected chi connectivity index (χ1v) is 8.83. The molecule has 1 aromatic heterocycles. The zero-order chi connectivity index (χ0) is 17.4.